The average molecular weight is 285 g/mol. The van der Waals surface area contributed by atoms with Crippen LogP contribution in [0.3, 0.4) is 0 Å². The van der Waals surface area contributed by atoms with Crippen molar-refractivity contribution in [2.75, 3.05) is 19.6 Å². The van der Waals surface area contributed by atoms with Gasteiger partial charge in [0.15, 0.2) is 0 Å². The molecule has 0 aliphatic rings. The zero-order chi connectivity index (χ0) is 13.1. The zero-order valence-corrected chi connectivity index (χ0v) is 12.3. The summed E-state index contributed by atoms with van der Waals surface area (Å²) in [5.74, 6) is 0. The molecule has 0 N–H and O–H groups in total. The molecular formula is C14H18Cl2N2. The van der Waals surface area contributed by atoms with Crippen LogP contribution in [0.1, 0.15) is 13.8 Å². The second kappa shape index (κ2) is 5.96. The van der Waals surface area contributed by atoms with Crippen molar-refractivity contribution in [1.82, 2.24) is 9.47 Å². The van der Waals surface area contributed by atoms with E-state index >= 15 is 0 Å². The summed E-state index contributed by atoms with van der Waals surface area (Å²) in [7, 11) is 0. The number of hydrogen-bond donors (Lipinski definition) is 0. The van der Waals surface area contributed by atoms with Crippen molar-refractivity contribution in [3.05, 3.63) is 34.4 Å². The maximum Gasteiger partial charge on any atom is 0.0514 e. The molecule has 98 valence electrons. The predicted octanol–water partition coefficient (Wildman–Crippen LogP) is 4.29. The number of benzene rings is 1. The molecule has 0 atom stereocenters. The van der Waals surface area contributed by atoms with Crippen LogP contribution in [0.4, 0.5) is 0 Å². The summed E-state index contributed by atoms with van der Waals surface area (Å²) in [6.45, 7) is 8.53. The van der Waals surface area contributed by atoms with Crippen LogP contribution < -0.4 is 0 Å². The van der Waals surface area contributed by atoms with E-state index in [2.05, 4.69) is 35.6 Å². The largest absolute Gasteiger partial charge is 0.346 e. The van der Waals surface area contributed by atoms with Gasteiger partial charge in [0.25, 0.3) is 0 Å². The molecule has 0 fully saturated rings. The van der Waals surface area contributed by atoms with Crippen LogP contribution in [0, 0.1) is 0 Å². The molecule has 2 nitrogen and oxygen atoms in total. The molecular weight excluding hydrogens is 267 g/mol. The van der Waals surface area contributed by atoms with Crippen LogP contribution in [0.5, 0.6) is 0 Å². The quantitative estimate of drug-likeness (QED) is 0.795. The highest BCUT2D eigenvalue weighted by molar-refractivity contribution is 6.38. The van der Waals surface area contributed by atoms with E-state index in [1.54, 1.807) is 6.07 Å². The summed E-state index contributed by atoms with van der Waals surface area (Å²) in [4.78, 5) is 2.40. The predicted molar refractivity (Wildman–Crippen MR) is 79.7 cm³/mol. The highest BCUT2D eigenvalue weighted by Gasteiger charge is 2.07. The van der Waals surface area contributed by atoms with E-state index in [0.29, 0.717) is 5.02 Å². The molecule has 0 radical (unpaired) electrons. The standard InChI is InChI=1S/C14H18Cl2N2/c1-3-17(4-2)7-8-18-6-5-12-13(16)9-11(15)10-14(12)18/h5-6,9-10H,3-4,7-8H2,1-2H3. The Kier molecular flexibility index (Phi) is 4.55. The Morgan fingerprint density at radius 3 is 2.56 bits per heavy atom. The monoisotopic (exact) mass is 284 g/mol. The number of halogens is 2. The highest BCUT2D eigenvalue weighted by Crippen LogP contribution is 2.28. The molecule has 1 aromatic carbocycles. The summed E-state index contributed by atoms with van der Waals surface area (Å²) in [6.07, 6.45) is 2.08. The van der Waals surface area contributed by atoms with E-state index in [1.165, 1.54) is 0 Å². The van der Waals surface area contributed by atoms with Gasteiger partial charge in [0.1, 0.15) is 0 Å². The summed E-state index contributed by atoms with van der Waals surface area (Å²) in [6, 6.07) is 5.82. The van der Waals surface area contributed by atoms with Crippen molar-refractivity contribution < 1.29 is 0 Å². The summed E-state index contributed by atoms with van der Waals surface area (Å²) in [5.41, 5.74) is 1.11. The zero-order valence-electron chi connectivity index (χ0n) is 10.8. The van der Waals surface area contributed by atoms with Gasteiger partial charge < -0.3 is 9.47 Å². The van der Waals surface area contributed by atoms with Gasteiger partial charge in [0.05, 0.1) is 10.5 Å². The third kappa shape index (κ3) is 2.82. The van der Waals surface area contributed by atoms with Crippen molar-refractivity contribution in [1.29, 1.82) is 0 Å². The second-order valence-electron chi connectivity index (χ2n) is 4.36. The van der Waals surface area contributed by atoms with Gasteiger partial charge in [-0.3, -0.25) is 0 Å². The third-order valence-corrected chi connectivity index (χ3v) is 3.89. The van der Waals surface area contributed by atoms with Gasteiger partial charge in [-0.05, 0) is 31.3 Å². The number of fused-ring (bicyclic) bond motifs is 1. The van der Waals surface area contributed by atoms with Crippen LogP contribution in [0.25, 0.3) is 10.9 Å². The molecule has 1 heterocycles. The van der Waals surface area contributed by atoms with Gasteiger partial charge in [-0.25, -0.2) is 0 Å². The van der Waals surface area contributed by atoms with Crippen molar-refractivity contribution in [2.45, 2.75) is 20.4 Å². The van der Waals surface area contributed by atoms with Gasteiger partial charge >= 0.3 is 0 Å². The van der Waals surface area contributed by atoms with E-state index in [0.717, 1.165) is 42.1 Å². The lowest BCUT2D eigenvalue weighted by atomic mass is 10.2. The van der Waals surface area contributed by atoms with Crippen molar-refractivity contribution >= 4 is 34.1 Å². The Morgan fingerprint density at radius 2 is 1.89 bits per heavy atom. The molecule has 18 heavy (non-hydrogen) atoms. The fraction of sp³-hybridized carbons (Fsp3) is 0.429. The first-order valence-electron chi connectivity index (χ1n) is 6.32. The second-order valence-corrected chi connectivity index (χ2v) is 5.20. The van der Waals surface area contributed by atoms with E-state index in [-0.39, 0.29) is 0 Å². The van der Waals surface area contributed by atoms with E-state index in [9.17, 15) is 0 Å². The minimum absolute atomic E-state index is 0.690. The Morgan fingerprint density at radius 1 is 1.17 bits per heavy atom. The molecule has 0 aliphatic heterocycles. The Bertz CT molecular complexity index is 530. The Labute approximate surface area is 118 Å². The van der Waals surface area contributed by atoms with Crippen LogP contribution >= 0.6 is 23.2 Å². The molecule has 4 heteroatoms. The van der Waals surface area contributed by atoms with Crippen LogP contribution in [0.2, 0.25) is 10.0 Å². The first kappa shape index (κ1) is 13.7. The molecule has 0 amide bonds. The van der Waals surface area contributed by atoms with E-state index < -0.39 is 0 Å². The average Bonchev–Trinajstić information content (AvgIpc) is 2.74. The maximum absolute atomic E-state index is 6.18. The fourth-order valence-corrected chi connectivity index (χ4v) is 2.75. The van der Waals surface area contributed by atoms with Gasteiger partial charge in [0, 0.05) is 29.7 Å². The SMILES string of the molecule is CCN(CC)CCn1ccc2c(Cl)cc(Cl)cc21. The van der Waals surface area contributed by atoms with Gasteiger partial charge in [-0.1, -0.05) is 37.0 Å². The van der Waals surface area contributed by atoms with E-state index in [4.69, 9.17) is 23.2 Å². The van der Waals surface area contributed by atoms with Crippen LogP contribution in [-0.2, 0) is 6.54 Å². The summed E-state index contributed by atoms with van der Waals surface area (Å²) < 4.78 is 2.21. The minimum Gasteiger partial charge on any atom is -0.346 e. The number of likely N-dealkylation sites (N-methyl/N-ethyl adjacent to an activating group) is 1. The number of aromatic nitrogens is 1. The first-order valence-corrected chi connectivity index (χ1v) is 7.07. The van der Waals surface area contributed by atoms with Crippen molar-refractivity contribution in [3.8, 4) is 0 Å². The van der Waals surface area contributed by atoms with E-state index in [1.807, 2.05) is 6.07 Å². The highest BCUT2D eigenvalue weighted by atomic mass is 35.5. The molecule has 0 unspecified atom stereocenters. The van der Waals surface area contributed by atoms with Crippen molar-refractivity contribution in [3.63, 3.8) is 0 Å². The Balaban J connectivity index is 2.24. The molecule has 2 aromatic rings. The minimum atomic E-state index is 0.690. The molecule has 0 saturated heterocycles. The third-order valence-electron chi connectivity index (χ3n) is 3.35. The topological polar surface area (TPSA) is 8.17 Å². The van der Waals surface area contributed by atoms with Gasteiger partial charge in [0.2, 0.25) is 0 Å². The maximum atomic E-state index is 6.18. The van der Waals surface area contributed by atoms with Crippen molar-refractivity contribution in [2.24, 2.45) is 0 Å². The summed E-state index contributed by atoms with van der Waals surface area (Å²) >= 11 is 12.2. The number of rotatable bonds is 5. The van der Waals surface area contributed by atoms with Crippen LogP contribution in [-0.4, -0.2) is 29.1 Å². The molecule has 0 spiro atoms. The lowest BCUT2D eigenvalue weighted by Crippen LogP contribution is -2.26. The fourth-order valence-electron chi connectivity index (χ4n) is 2.20. The molecule has 1 aromatic heterocycles. The number of hydrogen-bond acceptors (Lipinski definition) is 1. The molecule has 0 bridgehead atoms. The van der Waals surface area contributed by atoms with Crippen LogP contribution in [0.15, 0.2) is 24.4 Å². The van der Waals surface area contributed by atoms with Gasteiger partial charge in [-0.15, -0.1) is 0 Å². The Hall–Kier alpha value is -0.700. The lowest BCUT2D eigenvalue weighted by Gasteiger charge is -2.18. The molecule has 2 rings (SSSR count). The summed E-state index contributed by atoms with van der Waals surface area (Å²) in [5, 5.41) is 2.48. The van der Waals surface area contributed by atoms with Gasteiger partial charge in [-0.2, -0.15) is 0 Å². The molecule has 0 saturated carbocycles. The smallest absolute Gasteiger partial charge is 0.0514 e. The first-order chi connectivity index (χ1) is 8.65. The number of nitrogens with zero attached hydrogens (tertiary/aromatic N) is 2. The lowest BCUT2D eigenvalue weighted by molar-refractivity contribution is 0.292. The molecule has 0 aliphatic carbocycles. The normalized spacial score (nSPS) is 11.6.